The molecule has 0 radical (unpaired) electrons. The summed E-state index contributed by atoms with van der Waals surface area (Å²) in [6.07, 6.45) is 7.47. The van der Waals surface area contributed by atoms with Crippen molar-refractivity contribution in [1.29, 1.82) is 0 Å². The van der Waals surface area contributed by atoms with Gasteiger partial charge in [0.05, 0.1) is 0 Å². The second-order valence-corrected chi connectivity index (χ2v) is 3.52. The quantitative estimate of drug-likeness (QED) is 0.788. The first-order valence-electron chi connectivity index (χ1n) is 5.06. The highest BCUT2D eigenvalue weighted by molar-refractivity contribution is 5.11. The molecule has 84 valence electrons. The van der Waals surface area contributed by atoms with Gasteiger partial charge in [-0.05, 0) is 7.05 Å². The Morgan fingerprint density at radius 2 is 2.06 bits per heavy atom. The minimum Gasteiger partial charge on any atom is -0.313 e. The van der Waals surface area contributed by atoms with Crippen LogP contribution < -0.4 is 5.32 Å². The highest BCUT2D eigenvalue weighted by Gasteiger charge is 2.13. The number of rotatable bonds is 4. The SMILES string of the molecule is CNC(Cc1ncnn1C)c1cncnc1. The molecule has 0 bridgehead atoms. The van der Waals surface area contributed by atoms with E-state index in [0.29, 0.717) is 0 Å². The molecule has 0 aliphatic heterocycles. The van der Waals surface area contributed by atoms with Crippen LogP contribution in [-0.4, -0.2) is 31.8 Å². The Hall–Kier alpha value is -1.82. The van der Waals surface area contributed by atoms with Gasteiger partial charge in [-0.15, -0.1) is 0 Å². The molecule has 0 aromatic carbocycles. The Morgan fingerprint density at radius 3 is 2.62 bits per heavy atom. The molecule has 2 aromatic heterocycles. The van der Waals surface area contributed by atoms with Gasteiger partial charge in [0.2, 0.25) is 0 Å². The summed E-state index contributed by atoms with van der Waals surface area (Å²) in [6.45, 7) is 0. The molecular formula is C10H14N6. The molecule has 0 amide bonds. The molecular weight excluding hydrogens is 204 g/mol. The fraction of sp³-hybridized carbons (Fsp3) is 0.400. The number of hydrogen-bond acceptors (Lipinski definition) is 5. The lowest BCUT2D eigenvalue weighted by Gasteiger charge is -2.14. The number of aryl methyl sites for hydroxylation is 1. The van der Waals surface area contributed by atoms with Gasteiger partial charge in [-0.1, -0.05) is 0 Å². The molecule has 0 spiro atoms. The highest BCUT2D eigenvalue weighted by atomic mass is 15.3. The molecule has 1 N–H and O–H groups in total. The lowest BCUT2D eigenvalue weighted by Crippen LogP contribution is -2.21. The zero-order chi connectivity index (χ0) is 11.4. The van der Waals surface area contributed by atoms with Crippen LogP contribution in [0.5, 0.6) is 0 Å². The van der Waals surface area contributed by atoms with Crippen LogP contribution in [0.1, 0.15) is 17.4 Å². The van der Waals surface area contributed by atoms with Crippen molar-refractivity contribution in [3.05, 3.63) is 36.4 Å². The van der Waals surface area contributed by atoms with Crippen molar-refractivity contribution in [2.24, 2.45) is 7.05 Å². The molecule has 0 saturated heterocycles. The minimum absolute atomic E-state index is 0.157. The summed E-state index contributed by atoms with van der Waals surface area (Å²) in [5, 5.41) is 7.27. The first kappa shape index (κ1) is 10.7. The van der Waals surface area contributed by atoms with E-state index in [9.17, 15) is 0 Å². The van der Waals surface area contributed by atoms with Crippen molar-refractivity contribution in [3.63, 3.8) is 0 Å². The Kier molecular flexibility index (Phi) is 3.21. The smallest absolute Gasteiger partial charge is 0.138 e. The van der Waals surface area contributed by atoms with E-state index >= 15 is 0 Å². The van der Waals surface area contributed by atoms with Crippen molar-refractivity contribution >= 4 is 0 Å². The summed E-state index contributed by atoms with van der Waals surface area (Å²) in [6, 6.07) is 0.157. The molecule has 0 saturated carbocycles. The number of nitrogens with one attached hydrogen (secondary N) is 1. The Labute approximate surface area is 93.8 Å². The summed E-state index contributed by atoms with van der Waals surface area (Å²) >= 11 is 0. The predicted octanol–water partition coefficient (Wildman–Crippen LogP) is 0.108. The standard InChI is InChI=1S/C10H14N6/c1-11-9(8-4-12-6-13-5-8)3-10-14-7-15-16(10)2/h4-7,9,11H,3H2,1-2H3. The molecule has 1 atom stereocenters. The maximum atomic E-state index is 4.20. The third kappa shape index (κ3) is 2.22. The summed E-state index contributed by atoms with van der Waals surface area (Å²) in [5.74, 6) is 0.934. The van der Waals surface area contributed by atoms with Crippen LogP contribution in [0, 0.1) is 0 Å². The lowest BCUT2D eigenvalue weighted by atomic mass is 10.1. The Morgan fingerprint density at radius 1 is 1.31 bits per heavy atom. The molecule has 16 heavy (non-hydrogen) atoms. The van der Waals surface area contributed by atoms with Crippen LogP contribution in [0.25, 0.3) is 0 Å². The van der Waals surface area contributed by atoms with Gasteiger partial charge < -0.3 is 5.32 Å². The van der Waals surface area contributed by atoms with Crippen molar-refractivity contribution in [2.45, 2.75) is 12.5 Å². The van der Waals surface area contributed by atoms with E-state index in [2.05, 4.69) is 25.4 Å². The van der Waals surface area contributed by atoms with Crippen LogP contribution in [0.15, 0.2) is 25.0 Å². The molecule has 2 aromatic rings. The van der Waals surface area contributed by atoms with Crippen LogP contribution in [0.4, 0.5) is 0 Å². The minimum atomic E-state index is 0.157. The van der Waals surface area contributed by atoms with Gasteiger partial charge in [0.25, 0.3) is 0 Å². The average molecular weight is 218 g/mol. The van der Waals surface area contributed by atoms with E-state index in [1.54, 1.807) is 11.0 Å². The number of aromatic nitrogens is 5. The van der Waals surface area contributed by atoms with E-state index in [1.807, 2.05) is 26.5 Å². The van der Waals surface area contributed by atoms with Gasteiger partial charge in [0.1, 0.15) is 18.5 Å². The van der Waals surface area contributed by atoms with E-state index in [-0.39, 0.29) is 6.04 Å². The van der Waals surface area contributed by atoms with Gasteiger partial charge >= 0.3 is 0 Å². The van der Waals surface area contributed by atoms with Gasteiger partial charge in [0.15, 0.2) is 0 Å². The molecule has 6 nitrogen and oxygen atoms in total. The number of nitrogens with zero attached hydrogens (tertiary/aromatic N) is 5. The predicted molar refractivity (Wildman–Crippen MR) is 58.5 cm³/mol. The van der Waals surface area contributed by atoms with Gasteiger partial charge in [0, 0.05) is 37.5 Å². The summed E-state index contributed by atoms with van der Waals surface area (Å²) in [5.41, 5.74) is 1.05. The van der Waals surface area contributed by atoms with E-state index in [1.165, 1.54) is 6.33 Å². The van der Waals surface area contributed by atoms with Crippen LogP contribution in [-0.2, 0) is 13.5 Å². The first-order valence-corrected chi connectivity index (χ1v) is 5.06. The summed E-state index contributed by atoms with van der Waals surface area (Å²) in [4.78, 5) is 12.2. The second kappa shape index (κ2) is 4.80. The van der Waals surface area contributed by atoms with Crippen molar-refractivity contribution in [3.8, 4) is 0 Å². The van der Waals surface area contributed by atoms with Crippen LogP contribution in [0.2, 0.25) is 0 Å². The fourth-order valence-electron chi connectivity index (χ4n) is 1.56. The van der Waals surface area contributed by atoms with Crippen molar-refractivity contribution < 1.29 is 0 Å². The molecule has 2 heterocycles. The third-order valence-electron chi connectivity index (χ3n) is 2.52. The second-order valence-electron chi connectivity index (χ2n) is 3.52. The summed E-state index contributed by atoms with van der Waals surface area (Å²) in [7, 11) is 3.80. The van der Waals surface area contributed by atoms with Gasteiger partial charge in [-0.25, -0.2) is 15.0 Å². The van der Waals surface area contributed by atoms with Crippen LogP contribution >= 0.6 is 0 Å². The molecule has 0 aliphatic rings. The maximum absolute atomic E-state index is 4.20. The monoisotopic (exact) mass is 218 g/mol. The molecule has 2 rings (SSSR count). The summed E-state index contributed by atoms with van der Waals surface area (Å²) < 4.78 is 1.77. The largest absolute Gasteiger partial charge is 0.313 e. The highest BCUT2D eigenvalue weighted by Crippen LogP contribution is 2.14. The van der Waals surface area contributed by atoms with Crippen molar-refractivity contribution in [1.82, 2.24) is 30.0 Å². The molecule has 1 unspecified atom stereocenters. The normalized spacial score (nSPS) is 12.6. The van der Waals surface area contributed by atoms with E-state index in [0.717, 1.165) is 17.8 Å². The number of hydrogen-bond donors (Lipinski definition) is 1. The molecule has 0 fully saturated rings. The van der Waals surface area contributed by atoms with Crippen molar-refractivity contribution in [2.75, 3.05) is 7.05 Å². The Balaban J connectivity index is 2.16. The van der Waals surface area contributed by atoms with Gasteiger partial charge in [-0.2, -0.15) is 5.10 Å². The molecule has 0 aliphatic carbocycles. The van der Waals surface area contributed by atoms with E-state index in [4.69, 9.17) is 0 Å². The zero-order valence-corrected chi connectivity index (χ0v) is 9.33. The van der Waals surface area contributed by atoms with Gasteiger partial charge in [-0.3, -0.25) is 4.68 Å². The van der Waals surface area contributed by atoms with E-state index < -0.39 is 0 Å². The topological polar surface area (TPSA) is 68.5 Å². The Bertz CT molecular complexity index is 438. The zero-order valence-electron chi connectivity index (χ0n) is 9.33. The van der Waals surface area contributed by atoms with Crippen LogP contribution in [0.3, 0.4) is 0 Å². The lowest BCUT2D eigenvalue weighted by molar-refractivity contribution is 0.550. The fourth-order valence-corrected chi connectivity index (χ4v) is 1.56. The third-order valence-corrected chi connectivity index (χ3v) is 2.52. The molecule has 6 heteroatoms. The average Bonchev–Trinajstić information content (AvgIpc) is 2.73. The maximum Gasteiger partial charge on any atom is 0.138 e. The number of likely N-dealkylation sites (N-methyl/N-ethyl adjacent to an activating group) is 1. The first-order chi connectivity index (χ1) is 7.81.